The monoisotopic (exact) mass is 260 g/mol. The van der Waals surface area contributed by atoms with Gasteiger partial charge in [-0.1, -0.05) is 44.2 Å². The first kappa shape index (κ1) is 14.5. The Morgan fingerprint density at radius 1 is 1.16 bits per heavy atom. The summed E-state index contributed by atoms with van der Waals surface area (Å²) in [4.78, 5) is 2.64. The molecule has 1 fully saturated rings. The second-order valence-electron chi connectivity index (χ2n) is 6.33. The molecular formula is C17H28N2. The van der Waals surface area contributed by atoms with Crippen molar-refractivity contribution in [2.75, 3.05) is 6.54 Å². The molecule has 0 radical (unpaired) electrons. The highest BCUT2D eigenvalue weighted by Gasteiger charge is 2.34. The van der Waals surface area contributed by atoms with Crippen LogP contribution >= 0.6 is 0 Å². The van der Waals surface area contributed by atoms with Crippen LogP contribution in [0.25, 0.3) is 0 Å². The van der Waals surface area contributed by atoms with Crippen molar-refractivity contribution in [1.29, 1.82) is 0 Å². The van der Waals surface area contributed by atoms with E-state index in [2.05, 4.69) is 56.0 Å². The van der Waals surface area contributed by atoms with Gasteiger partial charge in [0.2, 0.25) is 0 Å². The number of rotatable bonds is 7. The minimum absolute atomic E-state index is 0.119. The van der Waals surface area contributed by atoms with E-state index in [1.54, 1.807) is 0 Å². The molecule has 0 amide bonds. The molecule has 1 aromatic rings. The van der Waals surface area contributed by atoms with E-state index in [0.29, 0.717) is 6.04 Å². The summed E-state index contributed by atoms with van der Waals surface area (Å²) in [6, 6.07) is 11.8. The molecule has 2 N–H and O–H groups in total. The summed E-state index contributed by atoms with van der Waals surface area (Å²) >= 11 is 0. The minimum Gasteiger partial charge on any atom is -0.323 e. The lowest BCUT2D eigenvalue weighted by Gasteiger charge is -2.34. The lowest BCUT2D eigenvalue weighted by atomic mass is 9.99. The fraction of sp³-hybridized carbons (Fsp3) is 0.647. The van der Waals surface area contributed by atoms with E-state index < -0.39 is 0 Å². The van der Waals surface area contributed by atoms with E-state index in [4.69, 9.17) is 5.73 Å². The Morgan fingerprint density at radius 3 is 2.32 bits per heavy atom. The average molecular weight is 260 g/mol. The summed E-state index contributed by atoms with van der Waals surface area (Å²) < 4.78 is 0. The van der Waals surface area contributed by atoms with Crippen molar-refractivity contribution in [2.45, 2.75) is 58.2 Å². The first-order chi connectivity index (χ1) is 9.09. The van der Waals surface area contributed by atoms with Crippen LogP contribution in [0, 0.1) is 5.92 Å². The van der Waals surface area contributed by atoms with Crippen molar-refractivity contribution < 1.29 is 0 Å². The average Bonchev–Trinajstić information content (AvgIpc) is 3.23. The topological polar surface area (TPSA) is 29.3 Å². The van der Waals surface area contributed by atoms with E-state index in [-0.39, 0.29) is 6.04 Å². The summed E-state index contributed by atoms with van der Waals surface area (Å²) in [5.41, 5.74) is 7.72. The highest BCUT2D eigenvalue weighted by molar-refractivity contribution is 5.20. The second kappa shape index (κ2) is 6.53. The Bertz CT molecular complexity index is 370. The first-order valence-electron chi connectivity index (χ1n) is 7.66. The number of hydrogen-bond donors (Lipinski definition) is 1. The van der Waals surface area contributed by atoms with Crippen molar-refractivity contribution in [3.63, 3.8) is 0 Å². The Hall–Kier alpha value is -0.860. The Balaban J connectivity index is 2.00. The zero-order chi connectivity index (χ0) is 13.8. The molecular weight excluding hydrogens is 232 g/mol. The van der Waals surface area contributed by atoms with Crippen molar-refractivity contribution in [3.05, 3.63) is 35.9 Å². The lowest BCUT2D eigenvalue weighted by Crippen LogP contribution is -2.43. The molecule has 106 valence electrons. The molecule has 0 aromatic heterocycles. The number of hydrogen-bond acceptors (Lipinski definition) is 2. The Morgan fingerprint density at radius 2 is 1.79 bits per heavy atom. The van der Waals surface area contributed by atoms with Crippen LogP contribution in [0.1, 0.15) is 51.6 Å². The quantitative estimate of drug-likeness (QED) is 0.812. The van der Waals surface area contributed by atoms with Crippen LogP contribution in [0.4, 0.5) is 0 Å². The molecule has 1 aromatic carbocycles. The van der Waals surface area contributed by atoms with E-state index in [9.17, 15) is 0 Å². The minimum atomic E-state index is 0.119. The molecule has 0 aliphatic heterocycles. The van der Waals surface area contributed by atoms with Gasteiger partial charge in [0.15, 0.2) is 0 Å². The van der Waals surface area contributed by atoms with E-state index in [1.165, 1.54) is 31.4 Å². The summed E-state index contributed by atoms with van der Waals surface area (Å²) in [6.07, 6.45) is 3.97. The van der Waals surface area contributed by atoms with Gasteiger partial charge in [-0.15, -0.1) is 0 Å². The predicted octanol–water partition coefficient (Wildman–Crippen LogP) is 3.59. The van der Waals surface area contributed by atoms with Crippen LogP contribution in [0.15, 0.2) is 30.3 Å². The predicted molar refractivity (Wildman–Crippen MR) is 82.0 cm³/mol. The third-order valence-corrected chi connectivity index (χ3v) is 4.21. The molecule has 2 rings (SSSR count). The molecule has 0 heterocycles. The molecule has 2 atom stereocenters. The van der Waals surface area contributed by atoms with Crippen LogP contribution < -0.4 is 5.73 Å². The van der Waals surface area contributed by atoms with E-state index in [1.807, 2.05) is 0 Å². The van der Waals surface area contributed by atoms with E-state index >= 15 is 0 Å². The molecule has 1 aliphatic rings. The van der Waals surface area contributed by atoms with Gasteiger partial charge in [0.1, 0.15) is 0 Å². The van der Waals surface area contributed by atoms with Gasteiger partial charge in [-0.25, -0.2) is 0 Å². The van der Waals surface area contributed by atoms with Gasteiger partial charge >= 0.3 is 0 Å². The first-order valence-corrected chi connectivity index (χ1v) is 7.66. The molecule has 0 bridgehead atoms. The van der Waals surface area contributed by atoms with Gasteiger partial charge in [0, 0.05) is 18.1 Å². The maximum atomic E-state index is 6.47. The number of benzene rings is 1. The van der Waals surface area contributed by atoms with Gasteiger partial charge in [-0.2, -0.15) is 0 Å². The summed E-state index contributed by atoms with van der Waals surface area (Å²) in [5.74, 6) is 0.765. The van der Waals surface area contributed by atoms with Crippen LogP contribution in [0.3, 0.4) is 0 Å². The maximum Gasteiger partial charge on any atom is 0.0450 e. The standard InChI is InChI=1S/C17H28N2/c1-13(2)11-12-19(16-9-10-16)14(3)17(18)15-7-5-4-6-8-15/h4-8,13-14,16-17H,9-12,18H2,1-3H3. The van der Waals surface area contributed by atoms with Gasteiger partial charge in [-0.3, -0.25) is 4.90 Å². The molecule has 19 heavy (non-hydrogen) atoms. The molecule has 1 aliphatic carbocycles. The highest BCUT2D eigenvalue weighted by atomic mass is 15.2. The van der Waals surface area contributed by atoms with Gasteiger partial charge in [-0.05, 0) is 44.2 Å². The molecule has 2 unspecified atom stereocenters. The van der Waals surface area contributed by atoms with Gasteiger partial charge < -0.3 is 5.73 Å². The van der Waals surface area contributed by atoms with Gasteiger partial charge in [0.25, 0.3) is 0 Å². The van der Waals surface area contributed by atoms with Crippen LogP contribution in [-0.4, -0.2) is 23.5 Å². The third-order valence-electron chi connectivity index (χ3n) is 4.21. The highest BCUT2D eigenvalue weighted by Crippen LogP contribution is 2.32. The number of nitrogens with zero attached hydrogens (tertiary/aromatic N) is 1. The zero-order valence-electron chi connectivity index (χ0n) is 12.5. The largest absolute Gasteiger partial charge is 0.323 e. The fourth-order valence-electron chi connectivity index (χ4n) is 2.69. The molecule has 0 spiro atoms. The number of nitrogens with two attached hydrogens (primary N) is 1. The third kappa shape index (κ3) is 4.05. The van der Waals surface area contributed by atoms with Crippen molar-refractivity contribution in [1.82, 2.24) is 4.90 Å². The van der Waals surface area contributed by atoms with E-state index in [0.717, 1.165) is 12.0 Å². The normalized spacial score (nSPS) is 18.8. The summed E-state index contributed by atoms with van der Waals surface area (Å²) in [6.45, 7) is 8.07. The molecule has 1 saturated carbocycles. The van der Waals surface area contributed by atoms with Crippen LogP contribution in [0.5, 0.6) is 0 Å². The zero-order valence-corrected chi connectivity index (χ0v) is 12.5. The van der Waals surface area contributed by atoms with Crippen molar-refractivity contribution in [2.24, 2.45) is 11.7 Å². The Kier molecular flexibility index (Phi) is 5.00. The molecule has 0 saturated heterocycles. The molecule has 2 nitrogen and oxygen atoms in total. The fourth-order valence-corrected chi connectivity index (χ4v) is 2.69. The maximum absolute atomic E-state index is 6.47. The van der Waals surface area contributed by atoms with Crippen molar-refractivity contribution in [3.8, 4) is 0 Å². The lowest BCUT2D eigenvalue weighted by molar-refractivity contribution is 0.165. The smallest absolute Gasteiger partial charge is 0.0450 e. The molecule has 2 heteroatoms. The van der Waals surface area contributed by atoms with Gasteiger partial charge in [0.05, 0.1) is 0 Å². The summed E-state index contributed by atoms with van der Waals surface area (Å²) in [5, 5.41) is 0. The second-order valence-corrected chi connectivity index (χ2v) is 6.33. The van der Waals surface area contributed by atoms with Crippen molar-refractivity contribution >= 4 is 0 Å². The summed E-state index contributed by atoms with van der Waals surface area (Å²) in [7, 11) is 0. The van der Waals surface area contributed by atoms with Crippen LogP contribution in [-0.2, 0) is 0 Å². The van der Waals surface area contributed by atoms with Crippen LogP contribution in [0.2, 0.25) is 0 Å². The SMILES string of the molecule is CC(C)CCN(C1CC1)C(C)C(N)c1ccccc1. The Labute approximate surface area is 118 Å².